The fraction of sp³-hybridized carbons (Fsp3) is 0.429. The molecule has 3 rings (SSSR count). The van der Waals surface area contributed by atoms with Crippen molar-refractivity contribution in [1.29, 1.82) is 0 Å². The Morgan fingerprint density at radius 1 is 1.38 bits per heavy atom. The van der Waals surface area contributed by atoms with Crippen molar-refractivity contribution in [2.24, 2.45) is 0 Å². The summed E-state index contributed by atoms with van der Waals surface area (Å²) in [4.78, 5) is 17.1. The molecule has 4 nitrogen and oxygen atoms in total. The Labute approximate surface area is 159 Å². The Hall–Kier alpha value is -2.07. The number of ether oxygens (including phenoxy) is 1. The number of aryl methyl sites for hydroxylation is 1. The van der Waals surface area contributed by atoms with Crippen LogP contribution in [0.3, 0.4) is 0 Å². The number of halogens is 1. The Morgan fingerprint density at radius 3 is 2.77 bits per heavy atom. The van der Waals surface area contributed by atoms with Gasteiger partial charge in [0.25, 0.3) is 0 Å². The maximum atomic E-state index is 12.8. The second kappa shape index (κ2) is 8.09. The minimum atomic E-state index is -0.223. The lowest BCUT2D eigenvalue weighted by molar-refractivity contribution is -0.122. The van der Waals surface area contributed by atoms with Gasteiger partial charge in [-0.3, -0.25) is 4.79 Å². The number of carbonyl (C=O) groups is 1. The number of hydrogen-bond acceptors (Lipinski definition) is 3. The van der Waals surface area contributed by atoms with Crippen LogP contribution in [0.25, 0.3) is 0 Å². The summed E-state index contributed by atoms with van der Waals surface area (Å²) in [5.41, 5.74) is 4.10. The van der Waals surface area contributed by atoms with E-state index in [0.717, 1.165) is 16.7 Å². The average molecular weight is 373 g/mol. The lowest BCUT2D eigenvalue weighted by Crippen LogP contribution is -2.29. The minimum absolute atomic E-state index is 0.00806. The van der Waals surface area contributed by atoms with Crippen molar-refractivity contribution in [2.75, 3.05) is 7.11 Å². The van der Waals surface area contributed by atoms with Crippen LogP contribution in [0, 0.1) is 6.92 Å². The molecule has 1 atom stereocenters. The predicted molar refractivity (Wildman–Crippen MR) is 104 cm³/mol. The van der Waals surface area contributed by atoms with Crippen LogP contribution in [0.2, 0.25) is 5.02 Å². The first-order valence-corrected chi connectivity index (χ1v) is 9.47. The van der Waals surface area contributed by atoms with Crippen LogP contribution in [0.15, 0.2) is 30.5 Å². The molecule has 0 aliphatic heterocycles. The van der Waals surface area contributed by atoms with E-state index < -0.39 is 0 Å². The maximum Gasteiger partial charge on any atom is 0.227 e. The van der Waals surface area contributed by atoms with Crippen molar-refractivity contribution in [3.8, 4) is 5.88 Å². The molecule has 1 aliphatic rings. The topological polar surface area (TPSA) is 51.2 Å². The van der Waals surface area contributed by atoms with Crippen LogP contribution in [-0.2, 0) is 11.3 Å². The number of aromatic nitrogens is 1. The van der Waals surface area contributed by atoms with E-state index in [9.17, 15) is 4.79 Å². The molecule has 0 saturated heterocycles. The third-order valence-electron chi connectivity index (χ3n) is 4.96. The quantitative estimate of drug-likeness (QED) is 0.763. The van der Waals surface area contributed by atoms with E-state index in [1.165, 1.54) is 18.4 Å². The van der Waals surface area contributed by atoms with Crippen molar-refractivity contribution < 1.29 is 9.53 Å². The molecule has 0 spiro atoms. The lowest BCUT2D eigenvalue weighted by Gasteiger charge is -2.17. The highest BCUT2D eigenvalue weighted by Gasteiger charge is 2.25. The van der Waals surface area contributed by atoms with Gasteiger partial charge in [-0.15, -0.1) is 0 Å². The van der Waals surface area contributed by atoms with E-state index in [-0.39, 0.29) is 11.8 Å². The van der Waals surface area contributed by atoms with E-state index in [0.29, 0.717) is 29.8 Å². The second-order valence-corrected chi connectivity index (χ2v) is 7.31. The molecule has 26 heavy (non-hydrogen) atoms. The first-order valence-electron chi connectivity index (χ1n) is 9.10. The summed E-state index contributed by atoms with van der Waals surface area (Å²) in [5, 5.41) is 3.73. The van der Waals surface area contributed by atoms with Gasteiger partial charge >= 0.3 is 0 Å². The van der Waals surface area contributed by atoms with Gasteiger partial charge in [-0.1, -0.05) is 30.7 Å². The molecule has 1 amide bonds. The molecule has 138 valence electrons. The van der Waals surface area contributed by atoms with E-state index in [4.69, 9.17) is 16.3 Å². The number of methoxy groups -OCH3 is 1. The SMILES string of the molecule is CC[C@H](C(=O)NCc1cc(C2CC2)cnc1OC)c1ccc(C)c(Cl)c1. The Kier molecular flexibility index (Phi) is 5.82. The number of carbonyl (C=O) groups excluding carboxylic acids is 1. The monoisotopic (exact) mass is 372 g/mol. The van der Waals surface area contributed by atoms with E-state index in [1.54, 1.807) is 7.11 Å². The van der Waals surface area contributed by atoms with Gasteiger partial charge < -0.3 is 10.1 Å². The number of hydrogen-bond donors (Lipinski definition) is 1. The molecule has 0 radical (unpaired) electrons. The molecule has 1 aromatic heterocycles. The van der Waals surface area contributed by atoms with Crippen molar-refractivity contribution in [3.05, 3.63) is 57.7 Å². The van der Waals surface area contributed by atoms with Gasteiger partial charge in [0.05, 0.1) is 13.0 Å². The first kappa shape index (κ1) is 18.7. The van der Waals surface area contributed by atoms with Gasteiger partial charge in [0.15, 0.2) is 0 Å². The van der Waals surface area contributed by atoms with Gasteiger partial charge in [0, 0.05) is 23.3 Å². The molecule has 1 saturated carbocycles. The lowest BCUT2D eigenvalue weighted by atomic mass is 9.94. The molecule has 0 bridgehead atoms. The number of pyridine rings is 1. The molecular weight excluding hydrogens is 348 g/mol. The van der Waals surface area contributed by atoms with Crippen LogP contribution in [0.4, 0.5) is 0 Å². The summed E-state index contributed by atoms with van der Waals surface area (Å²) < 4.78 is 5.35. The summed E-state index contributed by atoms with van der Waals surface area (Å²) in [6, 6.07) is 7.93. The second-order valence-electron chi connectivity index (χ2n) is 6.90. The predicted octanol–water partition coefficient (Wildman–Crippen LogP) is 4.74. The fourth-order valence-electron chi connectivity index (χ4n) is 3.17. The summed E-state index contributed by atoms with van der Waals surface area (Å²) in [7, 11) is 1.60. The van der Waals surface area contributed by atoms with Crippen molar-refractivity contribution in [2.45, 2.75) is 51.5 Å². The van der Waals surface area contributed by atoms with Gasteiger partial charge in [0.2, 0.25) is 11.8 Å². The van der Waals surface area contributed by atoms with Gasteiger partial charge in [0.1, 0.15) is 0 Å². The van der Waals surface area contributed by atoms with Crippen molar-refractivity contribution in [3.63, 3.8) is 0 Å². The normalized spacial score (nSPS) is 14.8. The van der Waals surface area contributed by atoms with Crippen molar-refractivity contribution >= 4 is 17.5 Å². The van der Waals surface area contributed by atoms with Gasteiger partial charge in [-0.05, 0) is 60.9 Å². The molecule has 0 unspecified atom stereocenters. The summed E-state index contributed by atoms with van der Waals surface area (Å²) in [6.45, 7) is 4.37. The highest BCUT2D eigenvalue weighted by atomic mass is 35.5. The summed E-state index contributed by atoms with van der Waals surface area (Å²) in [5.74, 6) is 0.951. The third-order valence-corrected chi connectivity index (χ3v) is 5.37. The molecular formula is C21H25ClN2O2. The Morgan fingerprint density at radius 2 is 2.15 bits per heavy atom. The zero-order chi connectivity index (χ0) is 18.7. The number of benzene rings is 1. The van der Waals surface area contributed by atoms with Gasteiger partial charge in [-0.25, -0.2) is 4.98 Å². The Bertz CT molecular complexity index is 803. The first-order chi connectivity index (χ1) is 12.5. The molecule has 2 aromatic rings. The molecule has 1 heterocycles. The average Bonchev–Trinajstić information content (AvgIpc) is 3.48. The molecule has 1 aliphatic carbocycles. The highest BCUT2D eigenvalue weighted by molar-refractivity contribution is 6.31. The van der Waals surface area contributed by atoms with Crippen LogP contribution < -0.4 is 10.1 Å². The van der Waals surface area contributed by atoms with Crippen LogP contribution in [-0.4, -0.2) is 18.0 Å². The van der Waals surface area contributed by atoms with E-state index in [2.05, 4.69) is 16.4 Å². The summed E-state index contributed by atoms with van der Waals surface area (Å²) in [6.07, 6.45) is 5.02. The number of amides is 1. The molecule has 1 aromatic carbocycles. The van der Waals surface area contributed by atoms with Crippen molar-refractivity contribution in [1.82, 2.24) is 10.3 Å². The zero-order valence-electron chi connectivity index (χ0n) is 15.5. The smallest absolute Gasteiger partial charge is 0.227 e. The van der Waals surface area contributed by atoms with Crippen LogP contribution >= 0.6 is 11.6 Å². The third kappa shape index (κ3) is 4.18. The highest BCUT2D eigenvalue weighted by Crippen LogP contribution is 2.40. The number of nitrogens with zero attached hydrogens (tertiary/aromatic N) is 1. The molecule has 1 N–H and O–H groups in total. The molecule has 1 fully saturated rings. The zero-order valence-corrected chi connectivity index (χ0v) is 16.3. The standard InChI is InChI=1S/C21H25ClN2O2/c1-4-18(15-6-5-13(2)19(22)10-15)20(25)23-12-17-9-16(14-7-8-14)11-24-21(17)26-3/h5-6,9-11,14,18H,4,7-8,12H2,1-3H3,(H,23,25)/t18-/m0/s1. The van der Waals surface area contributed by atoms with Gasteiger partial charge in [-0.2, -0.15) is 0 Å². The number of rotatable bonds is 7. The Balaban J connectivity index is 1.72. The minimum Gasteiger partial charge on any atom is -0.481 e. The molecule has 5 heteroatoms. The fourth-order valence-corrected chi connectivity index (χ4v) is 3.36. The largest absolute Gasteiger partial charge is 0.481 e. The maximum absolute atomic E-state index is 12.8. The van der Waals surface area contributed by atoms with E-state index >= 15 is 0 Å². The number of nitrogens with one attached hydrogen (secondary N) is 1. The van der Waals surface area contributed by atoms with E-state index in [1.807, 2.05) is 38.2 Å². The summed E-state index contributed by atoms with van der Waals surface area (Å²) >= 11 is 6.23. The van der Waals surface area contributed by atoms with Crippen LogP contribution in [0.5, 0.6) is 5.88 Å². The van der Waals surface area contributed by atoms with Crippen LogP contribution in [0.1, 0.15) is 60.3 Å².